The Kier molecular flexibility index (Phi) is 6.42. The Labute approximate surface area is 156 Å². The molecule has 140 valence electrons. The molecule has 2 aromatic rings. The summed E-state index contributed by atoms with van der Waals surface area (Å²) in [6.45, 7) is 6.07. The van der Waals surface area contributed by atoms with Crippen LogP contribution in [0.15, 0.2) is 42.5 Å². The molecule has 1 amide bonds. The monoisotopic (exact) mass is 374 g/mol. The molecular formula is C20H26N2O3S. The van der Waals surface area contributed by atoms with Crippen molar-refractivity contribution in [2.45, 2.75) is 33.6 Å². The van der Waals surface area contributed by atoms with Gasteiger partial charge < -0.3 is 5.32 Å². The van der Waals surface area contributed by atoms with Crippen molar-refractivity contribution in [1.82, 2.24) is 0 Å². The minimum absolute atomic E-state index is 0.0790. The second kappa shape index (κ2) is 8.36. The van der Waals surface area contributed by atoms with Crippen molar-refractivity contribution in [2.24, 2.45) is 0 Å². The van der Waals surface area contributed by atoms with Crippen LogP contribution in [0.2, 0.25) is 0 Å². The van der Waals surface area contributed by atoms with Crippen LogP contribution in [0.3, 0.4) is 0 Å². The van der Waals surface area contributed by atoms with Crippen molar-refractivity contribution in [1.29, 1.82) is 0 Å². The first-order chi connectivity index (χ1) is 12.2. The summed E-state index contributed by atoms with van der Waals surface area (Å²) >= 11 is 0. The molecule has 2 rings (SSSR count). The summed E-state index contributed by atoms with van der Waals surface area (Å²) < 4.78 is 25.6. The van der Waals surface area contributed by atoms with Gasteiger partial charge in [0.15, 0.2) is 0 Å². The first-order valence-electron chi connectivity index (χ1n) is 8.64. The maximum Gasteiger partial charge on any atom is 0.232 e. The van der Waals surface area contributed by atoms with Crippen molar-refractivity contribution in [2.75, 3.05) is 22.4 Å². The van der Waals surface area contributed by atoms with Crippen LogP contribution in [0.5, 0.6) is 0 Å². The average Bonchev–Trinajstić information content (AvgIpc) is 2.53. The molecule has 5 nitrogen and oxygen atoms in total. The van der Waals surface area contributed by atoms with E-state index in [1.54, 1.807) is 12.1 Å². The molecule has 0 aliphatic rings. The highest BCUT2D eigenvalue weighted by Crippen LogP contribution is 2.19. The molecule has 0 fully saturated rings. The lowest BCUT2D eigenvalue weighted by Crippen LogP contribution is -2.33. The Bertz CT molecular complexity index is 854. The molecule has 0 aliphatic carbocycles. The minimum atomic E-state index is -3.47. The standard InChI is InChI=1S/C20H26N2O3S/c1-5-17-6-8-19(9-7-17)22(26(4,24)25)11-10-20(23)21-18-13-15(2)12-16(3)14-18/h6-9,12-14H,5,10-11H2,1-4H3,(H,21,23). The summed E-state index contributed by atoms with van der Waals surface area (Å²) in [6, 6.07) is 13.2. The van der Waals surface area contributed by atoms with Crippen molar-refractivity contribution < 1.29 is 13.2 Å². The molecule has 0 unspecified atom stereocenters. The SMILES string of the molecule is CCc1ccc(N(CCC(=O)Nc2cc(C)cc(C)c2)S(C)(=O)=O)cc1. The second-order valence-electron chi connectivity index (χ2n) is 6.53. The number of nitrogens with one attached hydrogen (secondary N) is 1. The first kappa shape index (κ1) is 20.0. The predicted octanol–water partition coefficient (Wildman–Crippen LogP) is 3.66. The molecule has 26 heavy (non-hydrogen) atoms. The zero-order chi connectivity index (χ0) is 19.3. The molecule has 0 spiro atoms. The maximum absolute atomic E-state index is 12.3. The number of aryl methyl sites for hydroxylation is 3. The number of anilines is 2. The van der Waals surface area contributed by atoms with E-state index < -0.39 is 10.0 Å². The number of hydrogen-bond donors (Lipinski definition) is 1. The Balaban J connectivity index is 2.08. The van der Waals surface area contributed by atoms with Crippen LogP contribution in [-0.4, -0.2) is 27.1 Å². The van der Waals surface area contributed by atoms with E-state index >= 15 is 0 Å². The quantitative estimate of drug-likeness (QED) is 0.804. The number of benzene rings is 2. The van der Waals surface area contributed by atoms with Gasteiger partial charge in [0.1, 0.15) is 0 Å². The molecule has 0 saturated carbocycles. The molecule has 6 heteroatoms. The fraction of sp³-hybridized carbons (Fsp3) is 0.350. The van der Waals surface area contributed by atoms with Crippen LogP contribution < -0.4 is 9.62 Å². The number of sulfonamides is 1. The third-order valence-corrected chi connectivity index (χ3v) is 5.27. The number of nitrogens with zero attached hydrogens (tertiary/aromatic N) is 1. The fourth-order valence-electron chi connectivity index (χ4n) is 2.86. The van der Waals surface area contributed by atoms with Gasteiger partial charge in [-0.15, -0.1) is 0 Å². The summed E-state index contributed by atoms with van der Waals surface area (Å²) in [6.07, 6.45) is 2.12. The molecule has 0 heterocycles. The summed E-state index contributed by atoms with van der Waals surface area (Å²) in [4.78, 5) is 12.3. The molecule has 0 saturated heterocycles. The van der Waals surface area contributed by atoms with Gasteiger partial charge in [0.25, 0.3) is 0 Å². The Morgan fingerprint density at radius 3 is 2.12 bits per heavy atom. The van der Waals surface area contributed by atoms with Gasteiger partial charge >= 0.3 is 0 Å². The predicted molar refractivity (Wildman–Crippen MR) is 107 cm³/mol. The third-order valence-electron chi connectivity index (χ3n) is 4.08. The van der Waals surface area contributed by atoms with Crippen molar-refractivity contribution >= 4 is 27.3 Å². The summed E-state index contributed by atoms with van der Waals surface area (Å²) in [5.74, 6) is -0.214. The van der Waals surface area contributed by atoms with Gasteiger partial charge in [0.2, 0.25) is 15.9 Å². The molecule has 0 aromatic heterocycles. The van der Waals surface area contributed by atoms with Gasteiger partial charge in [-0.2, -0.15) is 0 Å². The minimum Gasteiger partial charge on any atom is -0.326 e. The maximum atomic E-state index is 12.3. The number of rotatable bonds is 7. The fourth-order valence-corrected chi connectivity index (χ4v) is 3.79. The van der Waals surface area contributed by atoms with E-state index in [0.29, 0.717) is 5.69 Å². The van der Waals surface area contributed by atoms with Crippen molar-refractivity contribution in [3.8, 4) is 0 Å². The Morgan fingerprint density at radius 2 is 1.62 bits per heavy atom. The highest BCUT2D eigenvalue weighted by Gasteiger charge is 2.18. The lowest BCUT2D eigenvalue weighted by molar-refractivity contribution is -0.116. The summed E-state index contributed by atoms with van der Waals surface area (Å²) in [5.41, 5.74) is 4.56. The largest absolute Gasteiger partial charge is 0.326 e. The van der Waals surface area contributed by atoms with Gasteiger partial charge in [-0.1, -0.05) is 25.1 Å². The lowest BCUT2D eigenvalue weighted by atomic mass is 10.1. The highest BCUT2D eigenvalue weighted by atomic mass is 32.2. The molecule has 1 N–H and O–H groups in total. The van der Waals surface area contributed by atoms with Crippen LogP contribution in [0.4, 0.5) is 11.4 Å². The van der Waals surface area contributed by atoms with E-state index in [1.165, 1.54) is 4.31 Å². The topological polar surface area (TPSA) is 66.5 Å². The van der Waals surface area contributed by atoms with E-state index in [0.717, 1.165) is 35.1 Å². The van der Waals surface area contributed by atoms with E-state index in [9.17, 15) is 13.2 Å². The second-order valence-corrected chi connectivity index (χ2v) is 8.44. The van der Waals surface area contributed by atoms with Crippen LogP contribution in [0.25, 0.3) is 0 Å². The Hall–Kier alpha value is -2.34. The molecular weight excluding hydrogens is 348 g/mol. The summed E-state index contributed by atoms with van der Waals surface area (Å²) in [7, 11) is -3.47. The first-order valence-corrected chi connectivity index (χ1v) is 10.5. The molecule has 0 bridgehead atoms. The molecule has 0 radical (unpaired) electrons. The molecule has 0 aliphatic heterocycles. The zero-order valence-electron chi connectivity index (χ0n) is 15.7. The number of carbonyl (C=O) groups is 1. The Morgan fingerprint density at radius 1 is 1.04 bits per heavy atom. The van der Waals surface area contributed by atoms with Gasteiger partial charge in [0.05, 0.1) is 11.9 Å². The molecule has 2 aromatic carbocycles. The number of carbonyl (C=O) groups excluding carboxylic acids is 1. The van der Waals surface area contributed by atoms with Crippen LogP contribution >= 0.6 is 0 Å². The van der Waals surface area contributed by atoms with Gasteiger partial charge in [-0.05, 0) is 61.2 Å². The van der Waals surface area contributed by atoms with Crippen LogP contribution in [0, 0.1) is 13.8 Å². The summed E-state index contributed by atoms with van der Waals surface area (Å²) in [5, 5.41) is 2.84. The average molecular weight is 375 g/mol. The van der Waals surface area contributed by atoms with E-state index in [-0.39, 0.29) is 18.9 Å². The number of amides is 1. The van der Waals surface area contributed by atoms with E-state index in [4.69, 9.17) is 0 Å². The smallest absolute Gasteiger partial charge is 0.232 e. The van der Waals surface area contributed by atoms with Crippen molar-refractivity contribution in [3.05, 3.63) is 59.2 Å². The van der Waals surface area contributed by atoms with Crippen LogP contribution in [0.1, 0.15) is 30.0 Å². The molecule has 0 atom stereocenters. The van der Waals surface area contributed by atoms with Gasteiger partial charge in [-0.3, -0.25) is 9.10 Å². The highest BCUT2D eigenvalue weighted by molar-refractivity contribution is 7.92. The number of hydrogen-bond acceptors (Lipinski definition) is 3. The van der Waals surface area contributed by atoms with Gasteiger partial charge in [-0.25, -0.2) is 8.42 Å². The third kappa shape index (κ3) is 5.59. The zero-order valence-corrected chi connectivity index (χ0v) is 16.6. The van der Waals surface area contributed by atoms with E-state index in [2.05, 4.69) is 5.32 Å². The normalized spacial score (nSPS) is 11.2. The van der Waals surface area contributed by atoms with E-state index in [1.807, 2.05) is 51.1 Å². The van der Waals surface area contributed by atoms with Gasteiger partial charge in [0, 0.05) is 18.7 Å². The van der Waals surface area contributed by atoms with Crippen molar-refractivity contribution in [3.63, 3.8) is 0 Å². The van der Waals surface area contributed by atoms with Crippen LogP contribution in [-0.2, 0) is 21.2 Å². The lowest BCUT2D eigenvalue weighted by Gasteiger charge is -2.22.